The highest BCUT2D eigenvalue weighted by Crippen LogP contribution is 2.50. The normalized spacial score (nSPS) is 28.9. The number of benzene rings is 1. The summed E-state index contributed by atoms with van der Waals surface area (Å²) in [5.74, 6) is -1.75. The van der Waals surface area contributed by atoms with Crippen molar-refractivity contribution in [1.82, 2.24) is 5.06 Å². The molecule has 10 nitrogen and oxygen atoms in total. The van der Waals surface area contributed by atoms with Gasteiger partial charge in [-0.2, -0.15) is 5.06 Å². The Kier molecular flexibility index (Phi) is 7.38. The van der Waals surface area contributed by atoms with Crippen molar-refractivity contribution in [2.45, 2.75) is 88.7 Å². The minimum Gasteiger partial charge on any atom is -0.491 e. The number of carbonyl (C=O) groups excluding carboxylic acids is 2. The Bertz CT molecular complexity index is 913. The lowest BCUT2D eigenvalue weighted by molar-refractivity contribution is -0.352. The molecule has 1 spiro atoms. The molecule has 1 aromatic carbocycles. The first kappa shape index (κ1) is 26.8. The fourth-order valence-electron chi connectivity index (χ4n) is 5.39. The van der Waals surface area contributed by atoms with Crippen molar-refractivity contribution < 1.29 is 42.8 Å². The van der Waals surface area contributed by atoms with Crippen LogP contribution in [0.4, 0.5) is 0 Å². The summed E-state index contributed by atoms with van der Waals surface area (Å²) >= 11 is 0. The molecular weight excluding hydrogens is 470 g/mol. The van der Waals surface area contributed by atoms with Crippen molar-refractivity contribution in [3.63, 3.8) is 0 Å². The molecule has 200 valence electrons. The third kappa shape index (κ3) is 5.52. The highest BCUT2D eigenvalue weighted by Gasteiger charge is 2.63. The first-order valence-electron chi connectivity index (χ1n) is 12.2. The zero-order valence-electron chi connectivity index (χ0n) is 22.1. The minimum absolute atomic E-state index is 0.206. The summed E-state index contributed by atoms with van der Waals surface area (Å²) < 4.78 is 32.9. The SMILES string of the molecule is COC(=O)C1OC2(CC(C)(C)N(OC(C)c3ccc(OCC4CO4)cc3)C(C)(C)C2)OC1C(=O)OC. The van der Waals surface area contributed by atoms with Crippen molar-refractivity contribution in [2.24, 2.45) is 0 Å². The molecule has 0 saturated carbocycles. The Morgan fingerprint density at radius 2 is 1.47 bits per heavy atom. The zero-order chi connectivity index (χ0) is 26.3. The first-order valence-corrected chi connectivity index (χ1v) is 12.2. The lowest BCUT2D eigenvalue weighted by atomic mass is 9.78. The Labute approximate surface area is 212 Å². The molecule has 4 rings (SSSR count). The second-order valence-corrected chi connectivity index (χ2v) is 10.9. The largest absolute Gasteiger partial charge is 0.491 e. The van der Waals surface area contributed by atoms with E-state index in [0.717, 1.165) is 17.9 Å². The molecule has 1 aromatic rings. The van der Waals surface area contributed by atoms with Crippen molar-refractivity contribution in [3.8, 4) is 5.75 Å². The molecule has 0 radical (unpaired) electrons. The van der Waals surface area contributed by atoms with Crippen LogP contribution in [-0.4, -0.2) is 79.6 Å². The molecule has 0 aliphatic carbocycles. The number of piperidine rings is 1. The van der Waals surface area contributed by atoms with Gasteiger partial charge in [0.1, 0.15) is 24.6 Å². The van der Waals surface area contributed by atoms with E-state index in [-0.39, 0.29) is 12.2 Å². The second kappa shape index (κ2) is 9.90. The quantitative estimate of drug-likeness (QED) is 0.385. The Hall–Kier alpha value is -2.24. The van der Waals surface area contributed by atoms with Crippen LogP contribution >= 0.6 is 0 Å². The van der Waals surface area contributed by atoms with Crippen molar-refractivity contribution in [3.05, 3.63) is 29.8 Å². The van der Waals surface area contributed by atoms with Crippen LogP contribution in [0.5, 0.6) is 5.75 Å². The van der Waals surface area contributed by atoms with Gasteiger partial charge in [-0.1, -0.05) is 12.1 Å². The number of nitrogens with zero attached hydrogens (tertiary/aromatic N) is 1. The predicted octanol–water partition coefficient (Wildman–Crippen LogP) is 2.94. The molecule has 4 unspecified atom stereocenters. The van der Waals surface area contributed by atoms with E-state index in [2.05, 4.69) is 0 Å². The van der Waals surface area contributed by atoms with Gasteiger partial charge < -0.3 is 28.4 Å². The molecule has 3 fully saturated rings. The summed E-state index contributed by atoms with van der Waals surface area (Å²) in [6, 6.07) is 7.84. The fourth-order valence-corrected chi connectivity index (χ4v) is 5.39. The van der Waals surface area contributed by atoms with Crippen LogP contribution in [0, 0.1) is 0 Å². The van der Waals surface area contributed by atoms with E-state index in [0.29, 0.717) is 19.4 Å². The maximum absolute atomic E-state index is 12.4. The number of hydrogen-bond donors (Lipinski definition) is 0. The van der Waals surface area contributed by atoms with E-state index < -0.39 is 41.0 Å². The third-order valence-electron chi connectivity index (χ3n) is 6.78. The molecular formula is C26H37NO9. The van der Waals surface area contributed by atoms with E-state index in [1.165, 1.54) is 14.2 Å². The van der Waals surface area contributed by atoms with E-state index in [1.807, 2.05) is 63.9 Å². The maximum Gasteiger partial charge on any atom is 0.338 e. The molecule has 0 N–H and O–H groups in total. The van der Waals surface area contributed by atoms with Gasteiger partial charge in [0.05, 0.1) is 20.8 Å². The average Bonchev–Trinajstić information content (AvgIpc) is 3.59. The van der Waals surface area contributed by atoms with Gasteiger partial charge in [-0.15, -0.1) is 0 Å². The molecule has 3 heterocycles. The maximum atomic E-state index is 12.4. The van der Waals surface area contributed by atoms with Crippen LogP contribution in [-0.2, 0) is 38.1 Å². The van der Waals surface area contributed by atoms with Gasteiger partial charge in [-0.05, 0) is 52.3 Å². The Balaban J connectivity index is 1.48. The van der Waals surface area contributed by atoms with Crippen LogP contribution in [0.2, 0.25) is 0 Å². The summed E-state index contributed by atoms with van der Waals surface area (Å²) in [6.07, 6.45) is -1.73. The average molecular weight is 508 g/mol. The van der Waals surface area contributed by atoms with Crippen molar-refractivity contribution in [2.75, 3.05) is 27.4 Å². The van der Waals surface area contributed by atoms with Crippen LogP contribution in [0.25, 0.3) is 0 Å². The topological polar surface area (TPSA) is 105 Å². The molecule has 4 atom stereocenters. The fraction of sp³-hybridized carbons (Fsp3) is 0.692. The van der Waals surface area contributed by atoms with Crippen molar-refractivity contribution >= 4 is 11.9 Å². The van der Waals surface area contributed by atoms with Gasteiger partial charge in [-0.25, -0.2) is 9.59 Å². The number of ether oxygens (including phenoxy) is 6. The molecule has 0 amide bonds. The van der Waals surface area contributed by atoms with E-state index in [9.17, 15) is 9.59 Å². The number of methoxy groups -OCH3 is 2. The van der Waals surface area contributed by atoms with Crippen molar-refractivity contribution in [1.29, 1.82) is 0 Å². The highest BCUT2D eigenvalue weighted by molar-refractivity contribution is 5.86. The standard InChI is InChI=1S/C26H37NO9/c1-16(17-8-10-18(11-9-17)32-12-19-13-33-19)36-27-24(2,3)14-26(15-25(27,4)5)34-20(22(28)30-6)21(35-26)23(29)31-7/h8-11,16,19-21H,12-15H2,1-7H3. The summed E-state index contributed by atoms with van der Waals surface area (Å²) in [4.78, 5) is 31.3. The first-order chi connectivity index (χ1) is 16.9. The number of esters is 2. The molecule has 36 heavy (non-hydrogen) atoms. The zero-order valence-corrected chi connectivity index (χ0v) is 22.1. The number of rotatable bonds is 8. The van der Waals surface area contributed by atoms with Gasteiger partial charge in [0.25, 0.3) is 0 Å². The Morgan fingerprint density at radius 1 is 0.972 bits per heavy atom. The minimum atomic E-state index is -1.20. The van der Waals surface area contributed by atoms with Crippen LogP contribution in [0.3, 0.4) is 0 Å². The molecule has 0 bridgehead atoms. The molecule has 0 aromatic heterocycles. The summed E-state index contributed by atoms with van der Waals surface area (Å²) in [7, 11) is 2.49. The number of hydroxylamine groups is 2. The summed E-state index contributed by atoms with van der Waals surface area (Å²) in [5.41, 5.74) is -0.147. The van der Waals surface area contributed by atoms with E-state index in [1.54, 1.807) is 0 Å². The predicted molar refractivity (Wildman–Crippen MR) is 127 cm³/mol. The monoisotopic (exact) mass is 507 g/mol. The number of hydrogen-bond acceptors (Lipinski definition) is 10. The Morgan fingerprint density at radius 3 is 1.92 bits per heavy atom. The van der Waals surface area contributed by atoms with Crippen LogP contribution in [0.15, 0.2) is 24.3 Å². The third-order valence-corrected chi connectivity index (χ3v) is 6.78. The highest BCUT2D eigenvalue weighted by atomic mass is 16.8. The van der Waals surface area contributed by atoms with Crippen LogP contribution < -0.4 is 4.74 Å². The van der Waals surface area contributed by atoms with Gasteiger partial charge >= 0.3 is 11.9 Å². The van der Waals surface area contributed by atoms with Gasteiger partial charge in [0.2, 0.25) is 0 Å². The smallest absolute Gasteiger partial charge is 0.338 e. The molecule has 3 aliphatic rings. The summed E-state index contributed by atoms with van der Waals surface area (Å²) in [6.45, 7) is 11.4. The van der Waals surface area contributed by atoms with E-state index in [4.69, 9.17) is 33.3 Å². The lowest BCUT2D eigenvalue weighted by Crippen LogP contribution is -2.65. The lowest BCUT2D eigenvalue weighted by Gasteiger charge is -2.56. The van der Waals surface area contributed by atoms with Crippen LogP contribution in [0.1, 0.15) is 59.1 Å². The molecule has 3 aliphatic heterocycles. The number of epoxide rings is 1. The second-order valence-electron chi connectivity index (χ2n) is 10.9. The van der Waals surface area contributed by atoms with Gasteiger partial charge in [0, 0.05) is 23.9 Å². The van der Waals surface area contributed by atoms with Gasteiger partial charge in [0.15, 0.2) is 18.0 Å². The number of carbonyl (C=O) groups is 2. The summed E-state index contributed by atoms with van der Waals surface area (Å²) in [5, 5.41) is 1.97. The van der Waals surface area contributed by atoms with Gasteiger partial charge in [-0.3, -0.25) is 4.84 Å². The molecule has 10 heteroatoms. The van der Waals surface area contributed by atoms with E-state index >= 15 is 0 Å². The molecule has 3 saturated heterocycles.